The Kier molecular flexibility index (Phi) is 4.73. The summed E-state index contributed by atoms with van der Waals surface area (Å²) in [5.41, 5.74) is -3.99. The maximum atomic E-state index is 12.4. The lowest BCUT2D eigenvalue weighted by Crippen LogP contribution is -2.64. The van der Waals surface area contributed by atoms with Gasteiger partial charge in [0.2, 0.25) is 5.91 Å². The number of esters is 1. The highest BCUT2D eigenvalue weighted by atomic mass is 19.4. The van der Waals surface area contributed by atoms with Gasteiger partial charge in [-0.3, -0.25) is 4.79 Å². The summed E-state index contributed by atoms with van der Waals surface area (Å²) in [5.74, 6) is -3.07. The van der Waals surface area contributed by atoms with Crippen LogP contribution in [0.25, 0.3) is 0 Å². The first-order chi connectivity index (χ1) is 7.19. The van der Waals surface area contributed by atoms with Crippen molar-refractivity contribution in [1.29, 1.82) is 0 Å². The molecule has 5 nitrogen and oxygen atoms in total. The quantitative estimate of drug-likeness (QED) is 0.551. The molecule has 0 fully saturated rings. The van der Waals surface area contributed by atoms with Crippen LogP contribution in [0.15, 0.2) is 0 Å². The van der Waals surface area contributed by atoms with Crippen LogP contribution >= 0.6 is 0 Å². The van der Waals surface area contributed by atoms with Crippen molar-refractivity contribution < 1.29 is 32.6 Å². The summed E-state index contributed by atoms with van der Waals surface area (Å²) in [6.45, 7) is 1.56. The van der Waals surface area contributed by atoms with Crippen LogP contribution in [0.5, 0.6) is 0 Å². The number of rotatable bonds is 4. The Morgan fingerprint density at radius 2 is 1.88 bits per heavy atom. The van der Waals surface area contributed by atoms with Crippen molar-refractivity contribution in [2.24, 2.45) is 0 Å². The van der Waals surface area contributed by atoms with Gasteiger partial charge in [0.1, 0.15) is 0 Å². The fourth-order valence-electron chi connectivity index (χ4n) is 0.877. The van der Waals surface area contributed by atoms with Gasteiger partial charge in [-0.05, 0) is 6.42 Å². The molecule has 0 unspecified atom stereocenters. The van der Waals surface area contributed by atoms with Gasteiger partial charge in [0.25, 0.3) is 0 Å². The number of aliphatic hydroxyl groups is 1. The van der Waals surface area contributed by atoms with Crippen LogP contribution in [0.1, 0.15) is 19.8 Å². The van der Waals surface area contributed by atoms with E-state index in [-0.39, 0.29) is 12.8 Å². The van der Waals surface area contributed by atoms with Crippen LogP contribution in [0, 0.1) is 0 Å². The number of hydrogen-bond donors (Lipinski definition) is 2. The van der Waals surface area contributed by atoms with Gasteiger partial charge in [-0.1, -0.05) is 6.92 Å². The molecule has 8 heteroatoms. The lowest BCUT2D eigenvalue weighted by molar-refractivity contribution is -0.270. The Morgan fingerprint density at radius 1 is 1.38 bits per heavy atom. The van der Waals surface area contributed by atoms with Gasteiger partial charge in [0, 0.05) is 6.42 Å². The van der Waals surface area contributed by atoms with Crippen LogP contribution in [0.2, 0.25) is 0 Å². The lowest BCUT2D eigenvalue weighted by atomic mass is 10.2. The van der Waals surface area contributed by atoms with Gasteiger partial charge < -0.3 is 15.2 Å². The molecule has 0 aliphatic carbocycles. The van der Waals surface area contributed by atoms with E-state index in [2.05, 4.69) is 4.74 Å². The van der Waals surface area contributed by atoms with E-state index >= 15 is 0 Å². The number of carbonyl (C=O) groups is 2. The Morgan fingerprint density at radius 3 is 2.19 bits per heavy atom. The normalized spacial score (nSPS) is 15.1. The molecule has 94 valence electrons. The molecule has 0 spiro atoms. The Hall–Kier alpha value is -1.31. The van der Waals surface area contributed by atoms with Crippen molar-refractivity contribution in [3.05, 3.63) is 0 Å². The summed E-state index contributed by atoms with van der Waals surface area (Å²) < 4.78 is 40.9. The first-order valence-electron chi connectivity index (χ1n) is 4.37. The molecule has 0 aromatic rings. The van der Waals surface area contributed by atoms with E-state index in [9.17, 15) is 22.8 Å². The molecule has 1 atom stereocenters. The largest absolute Gasteiger partial charge is 0.465 e. The zero-order chi connectivity index (χ0) is 13.0. The first-order valence-corrected chi connectivity index (χ1v) is 4.37. The van der Waals surface area contributed by atoms with Crippen molar-refractivity contribution in [3.63, 3.8) is 0 Å². The minimum atomic E-state index is -5.34. The van der Waals surface area contributed by atoms with Gasteiger partial charge in [0.05, 0.1) is 7.11 Å². The molecule has 0 saturated heterocycles. The number of nitrogens with one attached hydrogen (secondary N) is 1. The maximum absolute atomic E-state index is 12.4. The molecular formula is C8H12F3NO4. The van der Waals surface area contributed by atoms with E-state index in [1.165, 1.54) is 5.32 Å². The molecule has 0 aromatic heterocycles. The molecule has 16 heavy (non-hydrogen) atoms. The third kappa shape index (κ3) is 3.09. The van der Waals surface area contributed by atoms with Crippen LogP contribution in [-0.2, 0) is 14.3 Å². The Bertz CT molecular complexity index is 279. The number of hydrogen-bond acceptors (Lipinski definition) is 4. The van der Waals surface area contributed by atoms with Gasteiger partial charge in [0.15, 0.2) is 0 Å². The number of amides is 1. The maximum Gasteiger partial charge on any atom is 0.448 e. The van der Waals surface area contributed by atoms with E-state index in [1.54, 1.807) is 6.92 Å². The predicted octanol–water partition coefficient (Wildman–Crippen LogP) is 0.327. The molecular weight excluding hydrogens is 231 g/mol. The molecule has 0 aliphatic heterocycles. The lowest BCUT2D eigenvalue weighted by Gasteiger charge is -2.28. The number of alkyl halides is 3. The summed E-state index contributed by atoms with van der Waals surface area (Å²) in [7, 11) is 0.672. The summed E-state index contributed by atoms with van der Waals surface area (Å²) >= 11 is 0. The smallest absolute Gasteiger partial charge is 0.448 e. The average Bonchev–Trinajstić information content (AvgIpc) is 2.14. The fourth-order valence-corrected chi connectivity index (χ4v) is 0.877. The zero-order valence-corrected chi connectivity index (χ0v) is 8.72. The summed E-state index contributed by atoms with van der Waals surface area (Å²) in [4.78, 5) is 21.8. The summed E-state index contributed by atoms with van der Waals surface area (Å²) in [6.07, 6.45) is -5.31. The van der Waals surface area contributed by atoms with Crippen LogP contribution < -0.4 is 5.32 Å². The molecule has 0 aromatic carbocycles. The third-order valence-corrected chi connectivity index (χ3v) is 1.69. The minimum Gasteiger partial charge on any atom is -0.465 e. The Labute approximate surface area is 89.6 Å². The molecule has 0 bridgehead atoms. The van der Waals surface area contributed by atoms with Crippen LogP contribution in [0.3, 0.4) is 0 Å². The monoisotopic (exact) mass is 243 g/mol. The SMILES string of the molecule is CCCC(=O)N[C@](O)(C(=O)OC)C(F)(F)F. The second kappa shape index (κ2) is 5.15. The molecule has 0 saturated carbocycles. The van der Waals surface area contributed by atoms with Crippen molar-refractivity contribution in [2.45, 2.75) is 31.7 Å². The van der Waals surface area contributed by atoms with Crippen molar-refractivity contribution in [2.75, 3.05) is 7.11 Å². The van der Waals surface area contributed by atoms with Gasteiger partial charge in [-0.2, -0.15) is 13.2 Å². The highest BCUT2D eigenvalue weighted by molar-refractivity contribution is 5.87. The average molecular weight is 243 g/mol. The van der Waals surface area contributed by atoms with E-state index in [0.29, 0.717) is 7.11 Å². The highest BCUT2D eigenvalue weighted by Gasteiger charge is 2.62. The fraction of sp³-hybridized carbons (Fsp3) is 0.750. The topological polar surface area (TPSA) is 75.6 Å². The predicted molar refractivity (Wildman–Crippen MR) is 46.1 cm³/mol. The second-order valence-corrected chi connectivity index (χ2v) is 3.00. The van der Waals surface area contributed by atoms with Gasteiger partial charge in [-0.25, -0.2) is 4.79 Å². The number of methoxy groups -OCH3 is 1. The molecule has 0 rings (SSSR count). The van der Waals surface area contributed by atoms with Crippen molar-refractivity contribution in [1.82, 2.24) is 5.32 Å². The molecule has 0 aliphatic rings. The van der Waals surface area contributed by atoms with E-state index in [1.807, 2.05) is 0 Å². The van der Waals surface area contributed by atoms with Gasteiger partial charge in [-0.15, -0.1) is 0 Å². The number of halogens is 3. The van der Waals surface area contributed by atoms with Crippen molar-refractivity contribution >= 4 is 11.9 Å². The standard InChI is InChI=1S/C8H12F3NO4/c1-3-4-5(13)12-7(15,6(14)16-2)8(9,10)11/h15H,3-4H2,1-2H3,(H,12,13)/t7-/m0/s1. The first kappa shape index (κ1) is 14.7. The zero-order valence-electron chi connectivity index (χ0n) is 8.72. The summed E-state index contributed by atoms with van der Waals surface area (Å²) in [6, 6.07) is 0. The minimum absolute atomic E-state index is 0.241. The molecule has 2 N–H and O–H groups in total. The molecule has 0 heterocycles. The Balaban J connectivity index is 4.96. The van der Waals surface area contributed by atoms with E-state index < -0.39 is 23.8 Å². The van der Waals surface area contributed by atoms with Crippen molar-refractivity contribution in [3.8, 4) is 0 Å². The third-order valence-electron chi connectivity index (χ3n) is 1.69. The molecule has 1 amide bonds. The number of ether oxygens (including phenoxy) is 1. The molecule has 0 radical (unpaired) electrons. The van der Waals surface area contributed by atoms with E-state index in [4.69, 9.17) is 5.11 Å². The van der Waals surface area contributed by atoms with Gasteiger partial charge >= 0.3 is 17.9 Å². The summed E-state index contributed by atoms with van der Waals surface area (Å²) in [5, 5.41) is 10.3. The number of carbonyl (C=O) groups excluding carboxylic acids is 2. The van der Waals surface area contributed by atoms with Crippen LogP contribution in [0.4, 0.5) is 13.2 Å². The van der Waals surface area contributed by atoms with Crippen LogP contribution in [-0.4, -0.2) is 36.0 Å². The second-order valence-electron chi connectivity index (χ2n) is 3.00. The van der Waals surface area contributed by atoms with E-state index in [0.717, 1.165) is 0 Å². The highest BCUT2D eigenvalue weighted by Crippen LogP contribution is 2.29.